The van der Waals surface area contributed by atoms with E-state index in [0.29, 0.717) is 5.71 Å². The molecule has 2 N–H and O–H groups in total. The molecule has 1 aliphatic heterocycles. The fourth-order valence-electron chi connectivity index (χ4n) is 1.93. The fourth-order valence-corrected chi connectivity index (χ4v) is 1.93. The van der Waals surface area contributed by atoms with E-state index in [1.807, 2.05) is 0 Å². The summed E-state index contributed by atoms with van der Waals surface area (Å²) in [5, 5.41) is 3.70. The summed E-state index contributed by atoms with van der Waals surface area (Å²) < 4.78 is 0. The van der Waals surface area contributed by atoms with Gasteiger partial charge in [-0.25, -0.2) is 4.79 Å². The van der Waals surface area contributed by atoms with Crippen molar-refractivity contribution in [1.29, 1.82) is 0 Å². The molecule has 0 radical (unpaired) electrons. The SMILES string of the molecule is N[C@H](CC1=CCC=CCC1)C1=NOC(=O)C1. The van der Waals surface area contributed by atoms with Crippen LogP contribution in [0.1, 0.15) is 32.1 Å². The van der Waals surface area contributed by atoms with Gasteiger partial charge in [-0.2, -0.15) is 0 Å². The third-order valence-electron chi connectivity index (χ3n) is 2.84. The Morgan fingerprint density at radius 2 is 2.38 bits per heavy atom. The van der Waals surface area contributed by atoms with Gasteiger partial charge in [0, 0.05) is 0 Å². The Kier molecular flexibility index (Phi) is 3.51. The number of oxime groups is 1. The van der Waals surface area contributed by atoms with Crippen molar-refractivity contribution in [2.45, 2.75) is 38.1 Å². The summed E-state index contributed by atoms with van der Waals surface area (Å²) in [6, 6.07) is -0.184. The first-order valence-electron chi connectivity index (χ1n) is 5.61. The van der Waals surface area contributed by atoms with Gasteiger partial charge in [-0.1, -0.05) is 29.0 Å². The number of nitrogens with zero attached hydrogens (tertiary/aromatic N) is 1. The smallest absolute Gasteiger partial charge is 0.323 e. The molecule has 0 aromatic heterocycles. The monoisotopic (exact) mass is 220 g/mol. The van der Waals surface area contributed by atoms with E-state index in [2.05, 4.69) is 28.2 Å². The molecule has 2 aliphatic rings. The summed E-state index contributed by atoms with van der Waals surface area (Å²) in [5.41, 5.74) is 8.02. The van der Waals surface area contributed by atoms with Gasteiger partial charge in [-0.15, -0.1) is 0 Å². The van der Waals surface area contributed by atoms with Crippen LogP contribution >= 0.6 is 0 Å². The van der Waals surface area contributed by atoms with Crippen LogP contribution < -0.4 is 5.73 Å². The Morgan fingerprint density at radius 1 is 1.50 bits per heavy atom. The highest BCUT2D eigenvalue weighted by Crippen LogP contribution is 2.18. The molecule has 0 amide bonds. The van der Waals surface area contributed by atoms with Gasteiger partial charge in [-0.05, 0) is 25.7 Å². The lowest BCUT2D eigenvalue weighted by Crippen LogP contribution is -2.30. The Morgan fingerprint density at radius 3 is 3.12 bits per heavy atom. The van der Waals surface area contributed by atoms with Crippen LogP contribution in [0.2, 0.25) is 0 Å². The predicted molar refractivity (Wildman–Crippen MR) is 61.8 cm³/mol. The van der Waals surface area contributed by atoms with Crippen molar-refractivity contribution in [2.75, 3.05) is 0 Å². The number of rotatable bonds is 3. The lowest BCUT2D eigenvalue weighted by Gasteiger charge is -2.11. The minimum atomic E-state index is -0.304. The van der Waals surface area contributed by atoms with E-state index >= 15 is 0 Å². The summed E-state index contributed by atoms with van der Waals surface area (Å²) in [4.78, 5) is 15.4. The molecular weight excluding hydrogens is 204 g/mol. The second-order valence-electron chi connectivity index (χ2n) is 4.14. The first-order chi connectivity index (χ1) is 7.75. The zero-order chi connectivity index (χ0) is 11.4. The second kappa shape index (κ2) is 5.07. The molecule has 1 atom stereocenters. The minimum absolute atomic E-state index is 0.184. The third-order valence-corrected chi connectivity index (χ3v) is 2.84. The molecule has 1 aliphatic carbocycles. The van der Waals surface area contributed by atoms with E-state index in [0.717, 1.165) is 25.7 Å². The van der Waals surface area contributed by atoms with Crippen LogP contribution in [0, 0.1) is 0 Å². The van der Waals surface area contributed by atoms with Crippen molar-refractivity contribution in [2.24, 2.45) is 10.9 Å². The quantitative estimate of drug-likeness (QED) is 0.581. The first kappa shape index (κ1) is 11.1. The van der Waals surface area contributed by atoms with Crippen molar-refractivity contribution >= 4 is 11.7 Å². The molecule has 0 aromatic rings. The first-order valence-corrected chi connectivity index (χ1v) is 5.61. The molecule has 4 nitrogen and oxygen atoms in total. The molecule has 0 saturated heterocycles. The topological polar surface area (TPSA) is 64.7 Å². The Bertz CT molecular complexity index is 369. The van der Waals surface area contributed by atoms with Crippen LogP contribution in [0.5, 0.6) is 0 Å². The molecule has 16 heavy (non-hydrogen) atoms. The molecular formula is C12H16N2O2. The van der Waals surface area contributed by atoms with Crippen LogP contribution in [0.15, 0.2) is 29.0 Å². The maximum atomic E-state index is 10.9. The zero-order valence-electron chi connectivity index (χ0n) is 9.19. The maximum Gasteiger partial charge on any atom is 0.340 e. The lowest BCUT2D eigenvalue weighted by molar-refractivity contribution is -0.140. The highest BCUT2D eigenvalue weighted by Gasteiger charge is 2.23. The predicted octanol–water partition coefficient (Wildman–Crippen LogP) is 1.67. The van der Waals surface area contributed by atoms with Gasteiger partial charge in [-0.3, -0.25) is 0 Å². The zero-order valence-corrected chi connectivity index (χ0v) is 9.19. The summed E-state index contributed by atoms with van der Waals surface area (Å²) >= 11 is 0. The standard InChI is InChI=1S/C12H16N2O2/c13-10(11-8-12(15)16-14-11)7-9-5-3-1-2-4-6-9/h1-2,5,10H,3-4,6-8,13H2/t10-/m1/s1. The molecule has 0 aromatic carbocycles. The van der Waals surface area contributed by atoms with Crippen LogP contribution in [-0.4, -0.2) is 17.7 Å². The van der Waals surface area contributed by atoms with Gasteiger partial charge in [0.1, 0.15) is 0 Å². The van der Waals surface area contributed by atoms with Gasteiger partial charge in [0.2, 0.25) is 0 Å². The van der Waals surface area contributed by atoms with E-state index in [4.69, 9.17) is 5.73 Å². The highest BCUT2D eigenvalue weighted by molar-refractivity contribution is 6.04. The number of hydrogen-bond acceptors (Lipinski definition) is 4. The van der Waals surface area contributed by atoms with Crippen molar-refractivity contribution in [3.05, 3.63) is 23.8 Å². The normalized spacial score (nSPS) is 22.2. The van der Waals surface area contributed by atoms with Crippen molar-refractivity contribution in [1.82, 2.24) is 0 Å². The van der Waals surface area contributed by atoms with Gasteiger partial charge in [0.05, 0.1) is 18.2 Å². The molecule has 4 heteroatoms. The van der Waals surface area contributed by atoms with Crippen molar-refractivity contribution < 1.29 is 9.63 Å². The molecule has 86 valence electrons. The number of nitrogens with two attached hydrogens (primary N) is 1. The van der Waals surface area contributed by atoms with Crippen LogP contribution in [0.3, 0.4) is 0 Å². The maximum absolute atomic E-state index is 10.9. The largest absolute Gasteiger partial charge is 0.340 e. The summed E-state index contributed by atoms with van der Waals surface area (Å²) in [6.07, 6.45) is 10.7. The van der Waals surface area contributed by atoms with Crippen molar-refractivity contribution in [3.63, 3.8) is 0 Å². The lowest BCUT2D eigenvalue weighted by atomic mass is 9.98. The van der Waals surface area contributed by atoms with Crippen LogP contribution in [-0.2, 0) is 9.63 Å². The average molecular weight is 220 g/mol. The van der Waals surface area contributed by atoms with Crippen molar-refractivity contribution in [3.8, 4) is 0 Å². The molecule has 0 unspecified atom stereocenters. The molecule has 0 fully saturated rings. The Balaban J connectivity index is 1.89. The highest BCUT2D eigenvalue weighted by atomic mass is 16.7. The van der Waals surface area contributed by atoms with Gasteiger partial charge < -0.3 is 10.6 Å². The van der Waals surface area contributed by atoms with Gasteiger partial charge in [0.25, 0.3) is 0 Å². The summed E-state index contributed by atoms with van der Waals surface area (Å²) in [7, 11) is 0. The molecule has 0 bridgehead atoms. The van der Waals surface area contributed by atoms with E-state index in [-0.39, 0.29) is 18.4 Å². The third kappa shape index (κ3) is 2.79. The summed E-state index contributed by atoms with van der Waals surface area (Å²) in [6.45, 7) is 0. The Hall–Kier alpha value is -1.42. The van der Waals surface area contributed by atoms with E-state index < -0.39 is 0 Å². The number of carbonyl (C=O) groups excluding carboxylic acids is 1. The molecule has 2 rings (SSSR count). The van der Waals surface area contributed by atoms with E-state index in [9.17, 15) is 4.79 Å². The molecule has 0 spiro atoms. The average Bonchev–Trinajstić information content (AvgIpc) is 2.54. The molecule has 1 heterocycles. The van der Waals surface area contributed by atoms with Crippen LogP contribution in [0.4, 0.5) is 0 Å². The molecule has 0 saturated carbocycles. The number of carbonyl (C=O) groups is 1. The van der Waals surface area contributed by atoms with Gasteiger partial charge in [0.15, 0.2) is 0 Å². The number of allylic oxidation sites excluding steroid dienone is 3. The summed E-state index contributed by atoms with van der Waals surface area (Å²) in [5.74, 6) is -0.304. The van der Waals surface area contributed by atoms with E-state index in [1.54, 1.807) is 0 Å². The van der Waals surface area contributed by atoms with E-state index in [1.165, 1.54) is 5.57 Å². The fraction of sp³-hybridized carbons (Fsp3) is 0.500. The minimum Gasteiger partial charge on any atom is -0.323 e. The second-order valence-corrected chi connectivity index (χ2v) is 4.14. The van der Waals surface area contributed by atoms with Gasteiger partial charge >= 0.3 is 5.97 Å². The number of hydrogen-bond donors (Lipinski definition) is 1. The van der Waals surface area contributed by atoms with Crippen LogP contribution in [0.25, 0.3) is 0 Å². The Labute approximate surface area is 94.8 Å².